The maximum absolute atomic E-state index is 3.81. The Balaban J connectivity index is 1.31. The van der Waals surface area contributed by atoms with Gasteiger partial charge in [-0.05, 0) is 68.1 Å². The summed E-state index contributed by atoms with van der Waals surface area (Å²) in [6.45, 7) is 3.53. The van der Waals surface area contributed by atoms with Gasteiger partial charge in [-0.3, -0.25) is 0 Å². The highest BCUT2D eigenvalue weighted by Gasteiger charge is 2.38. The van der Waals surface area contributed by atoms with E-state index in [1.165, 1.54) is 69.3 Å². The number of piperidine rings is 1. The highest BCUT2D eigenvalue weighted by Crippen LogP contribution is 2.44. The monoisotopic (exact) mass is 284 g/mol. The summed E-state index contributed by atoms with van der Waals surface area (Å²) >= 11 is 0. The number of fused-ring (bicyclic) bond motifs is 2. The largest absolute Gasteiger partial charge is 0.372 e. The quantitative estimate of drug-likeness (QED) is 0.900. The standard InChI is InChI=1S/C19H28N2/c1-2-10-21(11-3-1)18-8-5-15(6-9-18)14-20-19-13-16-4-7-17(19)12-16/h5-6,8-9,16-17,19-20H,1-4,7,10-14H2. The van der Waals surface area contributed by atoms with Crippen LogP contribution in [0, 0.1) is 11.8 Å². The van der Waals surface area contributed by atoms with Crippen molar-refractivity contribution in [2.75, 3.05) is 18.0 Å². The third kappa shape index (κ3) is 2.96. The maximum Gasteiger partial charge on any atom is 0.0366 e. The summed E-state index contributed by atoms with van der Waals surface area (Å²) in [6, 6.07) is 10.1. The second-order valence-electron chi connectivity index (χ2n) is 7.38. The number of benzene rings is 1. The molecule has 2 nitrogen and oxygen atoms in total. The van der Waals surface area contributed by atoms with E-state index >= 15 is 0 Å². The Morgan fingerprint density at radius 3 is 2.43 bits per heavy atom. The van der Waals surface area contributed by atoms with E-state index in [9.17, 15) is 0 Å². The molecule has 21 heavy (non-hydrogen) atoms. The molecule has 3 unspecified atom stereocenters. The molecule has 1 saturated heterocycles. The summed E-state index contributed by atoms with van der Waals surface area (Å²) in [7, 11) is 0. The van der Waals surface area contributed by atoms with E-state index in [4.69, 9.17) is 0 Å². The van der Waals surface area contributed by atoms with Gasteiger partial charge in [0.05, 0.1) is 0 Å². The molecule has 114 valence electrons. The average molecular weight is 284 g/mol. The van der Waals surface area contributed by atoms with Crippen LogP contribution in [0.4, 0.5) is 5.69 Å². The van der Waals surface area contributed by atoms with E-state index in [0.717, 1.165) is 24.4 Å². The number of nitrogens with one attached hydrogen (secondary N) is 1. The molecule has 3 atom stereocenters. The van der Waals surface area contributed by atoms with Crippen LogP contribution < -0.4 is 10.2 Å². The maximum atomic E-state index is 3.81. The van der Waals surface area contributed by atoms with Gasteiger partial charge < -0.3 is 10.2 Å². The van der Waals surface area contributed by atoms with Crippen molar-refractivity contribution in [1.29, 1.82) is 0 Å². The molecule has 2 heteroatoms. The lowest BCUT2D eigenvalue weighted by Crippen LogP contribution is -2.33. The van der Waals surface area contributed by atoms with Crippen molar-refractivity contribution in [3.8, 4) is 0 Å². The normalized spacial score (nSPS) is 31.8. The summed E-state index contributed by atoms with van der Waals surface area (Å²) < 4.78 is 0. The summed E-state index contributed by atoms with van der Waals surface area (Å²) in [5, 5.41) is 3.81. The predicted octanol–water partition coefficient (Wildman–Crippen LogP) is 3.96. The van der Waals surface area contributed by atoms with Crippen LogP contribution in [0.1, 0.15) is 50.5 Å². The van der Waals surface area contributed by atoms with Crippen LogP contribution in [0.15, 0.2) is 24.3 Å². The molecule has 3 fully saturated rings. The van der Waals surface area contributed by atoms with Gasteiger partial charge in [0.25, 0.3) is 0 Å². The molecule has 1 aromatic carbocycles. The Morgan fingerprint density at radius 1 is 0.952 bits per heavy atom. The Morgan fingerprint density at radius 2 is 1.76 bits per heavy atom. The van der Waals surface area contributed by atoms with Gasteiger partial charge >= 0.3 is 0 Å². The number of anilines is 1. The fraction of sp³-hybridized carbons (Fsp3) is 0.684. The van der Waals surface area contributed by atoms with Crippen molar-refractivity contribution in [2.24, 2.45) is 11.8 Å². The minimum atomic E-state index is 0.797. The van der Waals surface area contributed by atoms with Crippen molar-refractivity contribution in [2.45, 2.75) is 57.5 Å². The topological polar surface area (TPSA) is 15.3 Å². The molecule has 1 N–H and O–H groups in total. The Kier molecular flexibility index (Phi) is 3.89. The first-order valence-corrected chi connectivity index (χ1v) is 8.96. The van der Waals surface area contributed by atoms with Gasteiger partial charge in [0.1, 0.15) is 0 Å². The molecule has 2 saturated carbocycles. The molecule has 1 aromatic rings. The number of rotatable bonds is 4. The molecule has 3 aliphatic rings. The molecule has 1 heterocycles. The van der Waals surface area contributed by atoms with Gasteiger partial charge in [-0.1, -0.05) is 18.6 Å². The molecule has 0 radical (unpaired) electrons. The van der Waals surface area contributed by atoms with Gasteiger partial charge in [0.15, 0.2) is 0 Å². The van der Waals surface area contributed by atoms with Gasteiger partial charge in [0, 0.05) is 31.4 Å². The van der Waals surface area contributed by atoms with Gasteiger partial charge in [-0.2, -0.15) is 0 Å². The van der Waals surface area contributed by atoms with Crippen molar-refractivity contribution < 1.29 is 0 Å². The summed E-state index contributed by atoms with van der Waals surface area (Å²) in [6.07, 6.45) is 9.99. The summed E-state index contributed by atoms with van der Waals surface area (Å²) in [4.78, 5) is 2.54. The zero-order valence-corrected chi connectivity index (χ0v) is 13.1. The van der Waals surface area contributed by atoms with Gasteiger partial charge in [-0.15, -0.1) is 0 Å². The van der Waals surface area contributed by atoms with Gasteiger partial charge in [-0.25, -0.2) is 0 Å². The molecular weight excluding hydrogens is 256 g/mol. The van der Waals surface area contributed by atoms with Crippen LogP contribution in [0.3, 0.4) is 0 Å². The molecule has 2 bridgehead atoms. The molecule has 0 spiro atoms. The first-order valence-electron chi connectivity index (χ1n) is 8.96. The van der Waals surface area contributed by atoms with Crippen molar-refractivity contribution in [3.05, 3.63) is 29.8 Å². The highest BCUT2D eigenvalue weighted by atomic mass is 15.1. The zero-order chi connectivity index (χ0) is 14.1. The Labute approximate surface area is 128 Å². The van der Waals surface area contributed by atoms with E-state index in [2.05, 4.69) is 34.5 Å². The third-order valence-corrected chi connectivity index (χ3v) is 5.96. The molecule has 4 rings (SSSR count). The second-order valence-corrected chi connectivity index (χ2v) is 7.38. The Hall–Kier alpha value is -1.02. The number of nitrogens with zero attached hydrogens (tertiary/aromatic N) is 1. The van der Waals surface area contributed by atoms with Crippen molar-refractivity contribution >= 4 is 5.69 Å². The molecule has 2 aliphatic carbocycles. The minimum Gasteiger partial charge on any atom is -0.372 e. The number of hydrogen-bond acceptors (Lipinski definition) is 2. The molecule has 1 aliphatic heterocycles. The van der Waals surface area contributed by atoms with E-state index < -0.39 is 0 Å². The minimum absolute atomic E-state index is 0.797. The van der Waals surface area contributed by atoms with Crippen LogP contribution in [0.25, 0.3) is 0 Å². The van der Waals surface area contributed by atoms with Crippen LogP contribution in [0.2, 0.25) is 0 Å². The highest BCUT2D eigenvalue weighted by molar-refractivity contribution is 5.47. The zero-order valence-electron chi connectivity index (χ0n) is 13.1. The summed E-state index contributed by atoms with van der Waals surface area (Å²) in [5.74, 6) is 2.01. The van der Waals surface area contributed by atoms with E-state index in [0.29, 0.717) is 0 Å². The van der Waals surface area contributed by atoms with Gasteiger partial charge in [0.2, 0.25) is 0 Å². The van der Waals surface area contributed by atoms with E-state index in [1.54, 1.807) is 0 Å². The molecule has 0 amide bonds. The molecular formula is C19H28N2. The van der Waals surface area contributed by atoms with Crippen molar-refractivity contribution in [1.82, 2.24) is 5.32 Å². The van der Waals surface area contributed by atoms with Crippen LogP contribution in [0.5, 0.6) is 0 Å². The average Bonchev–Trinajstić information content (AvgIpc) is 3.17. The van der Waals surface area contributed by atoms with Crippen LogP contribution >= 0.6 is 0 Å². The first-order chi connectivity index (χ1) is 10.4. The van der Waals surface area contributed by atoms with E-state index in [-0.39, 0.29) is 0 Å². The summed E-state index contributed by atoms with van der Waals surface area (Å²) in [5.41, 5.74) is 2.86. The molecule has 0 aromatic heterocycles. The lowest BCUT2D eigenvalue weighted by molar-refractivity contribution is 0.351. The fourth-order valence-electron chi connectivity index (χ4n) is 4.72. The van der Waals surface area contributed by atoms with Crippen LogP contribution in [-0.2, 0) is 6.54 Å². The SMILES string of the molecule is c1cc(N2CCCCC2)ccc1CNC1CC2CCC1C2. The predicted molar refractivity (Wildman–Crippen MR) is 88.6 cm³/mol. The lowest BCUT2D eigenvalue weighted by Gasteiger charge is -2.29. The Bertz CT molecular complexity index is 461. The third-order valence-electron chi connectivity index (χ3n) is 5.96. The second kappa shape index (κ2) is 6.00. The fourth-order valence-corrected chi connectivity index (χ4v) is 4.72. The van der Waals surface area contributed by atoms with Crippen LogP contribution in [-0.4, -0.2) is 19.1 Å². The number of hydrogen-bond donors (Lipinski definition) is 1. The van der Waals surface area contributed by atoms with E-state index in [1.807, 2.05) is 0 Å². The lowest BCUT2D eigenvalue weighted by atomic mass is 9.95. The van der Waals surface area contributed by atoms with Crippen molar-refractivity contribution in [3.63, 3.8) is 0 Å². The first kappa shape index (κ1) is 13.6. The smallest absolute Gasteiger partial charge is 0.0366 e.